The maximum Gasteiger partial charge on any atom is 0.160 e. The molecular weight excluding hydrogens is 466 g/mol. The van der Waals surface area contributed by atoms with Crippen molar-refractivity contribution >= 4 is 49.4 Å². The minimum atomic E-state index is -0.176. The summed E-state index contributed by atoms with van der Waals surface area (Å²) in [4.78, 5) is 0. The second-order valence-electron chi connectivity index (χ2n) is 9.87. The molecule has 1 aliphatic heterocycles. The highest BCUT2D eigenvalue weighted by molar-refractivity contribution is 6.23. The minimum Gasteiger partial charge on any atom is -0.455 e. The van der Waals surface area contributed by atoms with Crippen LogP contribution in [0.1, 0.15) is 23.5 Å². The number of rotatable bonds is 3. The molecule has 7 aromatic rings. The smallest absolute Gasteiger partial charge is 0.160 e. The van der Waals surface area contributed by atoms with Crippen molar-refractivity contribution in [2.24, 2.45) is 0 Å². The van der Waals surface area contributed by atoms with Gasteiger partial charge in [0.2, 0.25) is 0 Å². The molecule has 0 aliphatic carbocycles. The van der Waals surface area contributed by atoms with Crippen molar-refractivity contribution < 1.29 is 4.42 Å². The summed E-state index contributed by atoms with van der Waals surface area (Å²) in [7, 11) is 0. The van der Waals surface area contributed by atoms with E-state index >= 15 is 0 Å². The lowest BCUT2D eigenvalue weighted by atomic mass is 10.0. The number of nitrogens with one attached hydrogen (secondary N) is 2. The fourth-order valence-corrected chi connectivity index (χ4v) is 5.95. The molecule has 5 aromatic carbocycles. The van der Waals surface area contributed by atoms with Crippen LogP contribution in [0.3, 0.4) is 0 Å². The molecule has 1 aliphatic rings. The van der Waals surface area contributed by atoms with Crippen molar-refractivity contribution in [1.29, 1.82) is 0 Å². The number of nitrogens with zero attached hydrogens (tertiary/aromatic N) is 1. The fourth-order valence-electron chi connectivity index (χ4n) is 5.95. The van der Waals surface area contributed by atoms with E-state index in [1.165, 1.54) is 16.5 Å². The van der Waals surface area contributed by atoms with E-state index in [-0.39, 0.29) is 12.3 Å². The first-order chi connectivity index (χ1) is 18.8. The third-order valence-corrected chi connectivity index (χ3v) is 7.68. The van der Waals surface area contributed by atoms with Crippen LogP contribution in [0, 0.1) is 0 Å². The van der Waals surface area contributed by atoms with Gasteiger partial charge in [0.15, 0.2) is 6.29 Å². The molecule has 0 saturated heterocycles. The standard InChI is InChI=1S/C34H25N3O/c1-3-11-22(12-4-1)27-21-28(23-13-5-2-6-14-23)36-34(35-27)37-29-17-9-7-16-26(29)32-30(37)20-19-25-24-15-8-10-18-31(24)38-33(25)32/h1-21,27,34-36H. The van der Waals surface area contributed by atoms with E-state index in [4.69, 9.17) is 4.42 Å². The van der Waals surface area contributed by atoms with Gasteiger partial charge in [0, 0.05) is 21.9 Å². The van der Waals surface area contributed by atoms with Crippen LogP contribution >= 0.6 is 0 Å². The second kappa shape index (κ2) is 8.37. The molecular formula is C34H25N3O. The minimum absolute atomic E-state index is 0.0452. The van der Waals surface area contributed by atoms with Crippen LogP contribution in [-0.2, 0) is 0 Å². The largest absolute Gasteiger partial charge is 0.455 e. The summed E-state index contributed by atoms with van der Waals surface area (Å²) in [6.45, 7) is 0. The van der Waals surface area contributed by atoms with E-state index in [0.717, 1.165) is 44.1 Å². The van der Waals surface area contributed by atoms with Crippen molar-refractivity contribution in [3.8, 4) is 0 Å². The summed E-state index contributed by atoms with van der Waals surface area (Å²) in [5.74, 6) is 0. The molecule has 3 heterocycles. The monoisotopic (exact) mass is 491 g/mol. The van der Waals surface area contributed by atoms with Gasteiger partial charge < -0.3 is 14.3 Å². The van der Waals surface area contributed by atoms with E-state index < -0.39 is 0 Å². The first-order valence-corrected chi connectivity index (χ1v) is 13.0. The predicted octanol–water partition coefficient (Wildman–Crippen LogP) is 8.13. The first kappa shape index (κ1) is 21.3. The fraction of sp³-hybridized carbons (Fsp3) is 0.0588. The van der Waals surface area contributed by atoms with Crippen molar-refractivity contribution in [3.05, 3.63) is 139 Å². The molecule has 2 N–H and O–H groups in total. The van der Waals surface area contributed by atoms with Gasteiger partial charge in [-0.25, -0.2) is 0 Å². The van der Waals surface area contributed by atoms with Crippen LogP contribution in [0.2, 0.25) is 0 Å². The number of para-hydroxylation sites is 2. The van der Waals surface area contributed by atoms with Crippen molar-refractivity contribution in [2.75, 3.05) is 0 Å². The van der Waals surface area contributed by atoms with E-state index in [2.05, 4.69) is 130 Å². The van der Waals surface area contributed by atoms with Crippen LogP contribution < -0.4 is 10.6 Å². The summed E-state index contributed by atoms with van der Waals surface area (Å²) in [6, 6.07) is 42.6. The normalized spacial score (nSPS) is 17.7. The summed E-state index contributed by atoms with van der Waals surface area (Å²) < 4.78 is 8.87. The van der Waals surface area contributed by atoms with E-state index in [9.17, 15) is 0 Å². The van der Waals surface area contributed by atoms with Gasteiger partial charge in [0.25, 0.3) is 0 Å². The van der Waals surface area contributed by atoms with Crippen LogP contribution in [-0.4, -0.2) is 4.57 Å². The van der Waals surface area contributed by atoms with Crippen LogP contribution in [0.25, 0.3) is 49.4 Å². The molecule has 4 heteroatoms. The predicted molar refractivity (Wildman–Crippen MR) is 156 cm³/mol. The number of benzene rings is 5. The molecule has 0 spiro atoms. The summed E-state index contributed by atoms with van der Waals surface area (Å²) in [5.41, 5.74) is 7.64. The number of hydrogen-bond donors (Lipinski definition) is 2. The lowest BCUT2D eigenvalue weighted by Gasteiger charge is -2.34. The van der Waals surface area contributed by atoms with Gasteiger partial charge in [-0.05, 0) is 41.5 Å². The van der Waals surface area contributed by atoms with Gasteiger partial charge >= 0.3 is 0 Å². The number of aromatic nitrogens is 1. The average molecular weight is 492 g/mol. The molecule has 8 rings (SSSR count). The van der Waals surface area contributed by atoms with Gasteiger partial charge in [-0.15, -0.1) is 0 Å². The Labute approximate surface area is 219 Å². The quantitative estimate of drug-likeness (QED) is 0.262. The topological polar surface area (TPSA) is 42.1 Å². The summed E-state index contributed by atoms with van der Waals surface area (Å²) >= 11 is 0. The van der Waals surface area contributed by atoms with Gasteiger partial charge in [-0.1, -0.05) is 97.1 Å². The lowest BCUT2D eigenvalue weighted by molar-refractivity contribution is 0.350. The zero-order valence-electron chi connectivity index (χ0n) is 20.6. The van der Waals surface area contributed by atoms with Gasteiger partial charge in [0.05, 0.1) is 22.5 Å². The van der Waals surface area contributed by atoms with Crippen molar-refractivity contribution in [3.63, 3.8) is 0 Å². The summed E-state index contributed by atoms with van der Waals surface area (Å²) in [5, 5.41) is 12.3. The highest BCUT2D eigenvalue weighted by atomic mass is 16.3. The lowest BCUT2D eigenvalue weighted by Crippen LogP contribution is -2.43. The van der Waals surface area contributed by atoms with E-state index in [0.29, 0.717) is 0 Å². The number of hydrogen-bond acceptors (Lipinski definition) is 3. The average Bonchev–Trinajstić information content (AvgIpc) is 3.53. The number of fused-ring (bicyclic) bond motifs is 7. The first-order valence-electron chi connectivity index (χ1n) is 13.0. The zero-order valence-corrected chi connectivity index (χ0v) is 20.6. The molecule has 0 bridgehead atoms. The highest BCUT2D eigenvalue weighted by Crippen LogP contribution is 2.41. The van der Waals surface area contributed by atoms with Crippen LogP contribution in [0.4, 0.5) is 0 Å². The highest BCUT2D eigenvalue weighted by Gasteiger charge is 2.27. The van der Waals surface area contributed by atoms with Crippen LogP contribution in [0.5, 0.6) is 0 Å². The van der Waals surface area contributed by atoms with Gasteiger partial charge in [-0.2, -0.15) is 0 Å². The van der Waals surface area contributed by atoms with Gasteiger partial charge in [-0.3, -0.25) is 5.32 Å². The van der Waals surface area contributed by atoms with Crippen molar-refractivity contribution in [2.45, 2.75) is 12.3 Å². The third-order valence-electron chi connectivity index (χ3n) is 7.68. The molecule has 0 amide bonds. The molecule has 0 fully saturated rings. The SMILES string of the molecule is C1=C(c2ccccc2)NC(n2c3ccccc3c3c4oc5ccccc5c4ccc32)NC1c1ccccc1. The Bertz CT molecular complexity index is 1980. The maximum atomic E-state index is 6.49. The maximum absolute atomic E-state index is 6.49. The molecule has 0 radical (unpaired) electrons. The molecule has 2 unspecified atom stereocenters. The van der Waals surface area contributed by atoms with Crippen molar-refractivity contribution in [1.82, 2.24) is 15.2 Å². The van der Waals surface area contributed by atoms with Gasteiger partial charge in [0.1, 0.15) is 11.2 Å². The Kier molecular flexibility index (Phi) is 4.69. The molecule has 0 saturated carbocycles. The Hall–Kier alpha value is -4.80. The molecule has 2 atom stereocenters. The van der Waals surface area contributed by atoms with Crippen LogP contribution in [0.15, 0.2) is 132 Å². The Morgan fingerprint density at radius 3 is 2.16 bits per heavy atom. The molecule has 2 aromatic heterocycles. The zero-order chi connectivity index (χ0) is 25.1. The second-order valence-corrected chi connectivity index (χ2v) is 9.87. The Balaban J connectivity index is 1.37. The van der Waals surface area contributed by atoms with E-state index in [1.54, 1.807) is 0 Å². The molecule has 38 heavy (non-hydrogen) atoms. The van der Waals surface area contributed by atoms with E-state index in [1.807, 2.05) is 12.1 Å². The molecule has 4 nitrogen and oxygen atoms in total. The number of furan rings is 1. The molecule has 182 valence electrons. The Morgan fingerprint density at radius 2 is 1.32 bits per heavy atom. The third kappa shape index (κ3) is 3.21. The summed E-state index contributed by atoms with van der Waals surface area (Å²) in [6.07, 6.45) is 2.11. The Morgan fingerprint density at radius 1 is 0.605 bits per heavy atom.